The number of benzene rings is 4. The minimum Gasteiger partial charge on any atom is -0.505 e. The molecule has 0 radical (unpaired) electrons. The number of hydrogen-bond acceptors (Lipinski definition) is 7. The third-order valence-corrected chi connectivity index (χ3v) is 7.35. The van der Waals surface area contributed by atoms with Gasteiger partial charge in [-0.1, -0.05) is 48.5 Å². The van der Waals surface area contributed by atoms with E-state index in [1.54, 1.807) is 36.4 Å². The first-order chi connectivity index (χ1) is 14.6. The van der Waals surface area contributed by atoms with Crippen molar-refractivity contribution in [2.75, 3.05) is 0 Å². The molecule has 0 unspecified atom stereocenters. The fourth-order valence-electron chi connectivity index (χ4n) is 3.25. The van der Waals surface area contributed by atoms with E-state index >= 15 is 0 Å². The minimum atomic E-state index is -4.13. The molecule has 11 heteroatoms. The molecule has 0 saturated carbocycles. The Labute approximate surface area is 186 Å². The van der Waals surface area contributed by atoms with Crippen LogP contribution in [-0.4, -0.2) is 21.9 Å². The summed E-state index contributed by atoms with van der Waals surface area (Å²) in [5, 5.41) is 20.0. The average molecular weight is 495 g/mol. The molecular formula is C20H12Cl2N2O5S2. The summed E-state index contributed by atoms with van der Waals surface area (Å²) in [6, 6.07) is 16.7. The quantitative estimate of drug-likeness (QED) is 0.277. The fourth-order valence-corrected chi connectivity index (χ4v) is 5.40. The van der Waals surface area contributed by atoms with Crippen LogP contribution in [0.4, 0.5) is 11.4 Å². The second-order valence-corrected chi connectivity index (χ2v) is 11.6. The predicted molar refractivity (Wildman–Crippen MR) is 120 cm³/mol. The molecule has 0 saturated heterocycles. The van der Waals surface area contributed by atoms with E-state index in [0.717, 1.165) is 6.07 Å². The maximum atomic E-state index is 12.0. The Bertz CT molecular complexity index is 1600. The maximum Gasteiger partial charge on any atom is 0.262 e. The number of azo groups is 1. The van der Waals surface area contributed by atoms with Crippen molar-refractivity contribution in [1.29, 1.82) is 0 Å². The van der Waals surface area contributed by atoms with E-state index in [1.165, 1.54) is 24.3 Å². The van der Waals surface area contributed by atoms with Crippen molar-refractivity contribution in [3.05, 3.63) is 66.7 Å². The van der Waals surface area contributed by atoms with Gasteiger partial charge in [0.1, 0.15) is 5.69 Å². The van der Waals surface area contributed by atoms with Crippen molar-refractivity contribution in [1.82, 2.24) is 0 Å². The molecule has 7 nitrogen and oxygen atoms in total. The number of nitrogens with zero attached hydrogens (tertiary/aromatic N) is 2. The molecule has 0 aliphatic carbocycles. The highest BCUT2D eigenvalue weighted by Gasteiger charge is 2.20. The summed E-state index contributed by atoms with van der Waals surface area (Å²) < 4.78 is 47.8. The van der Waals surface area contributed by atoms with Crippen LogP contribution in [0, 0.1) is 0 Å². The lowest BCUT2D eigenvalue weighted by Gasteiger charge is -2.09. The molecule has 158 valence electrons. The summed E-state index contributed by atoms with van der Waals surface area (Å²) in [6.45, 7) is 0. The van der Waals surface area contributed by atoms with E-state index in [4.69, 9.17) is 21.4 Å². The molecule has 0 heterocycles. The molecule has 0 spiro atoms. The lowest BCUT2D eigenvalue weighted by molar-refractivity contribution is 0.482. The third kappa shape index (κ3) is 4.09. The van der Waals surface area contributed by atoms with Gasteiger partial charge < -0.3 is 5.11 Å². The van der Waals surface area contributed by atoms with Gasteiger partial charge in [-0.3, -0.25) is 0 Å². The number of fused-ring (bicyclic) bond motifs is 2. The summed E-state index contributed by atoms with van der Waals surface area (Å²) in [5.41, 5.74) is 0.179. The van der Waals surface area contributed by atoms with E-state index in [-0.39, 0.29) is 32.0 Å². The first kappa shape index (κ1) is 21.5. The van der Waals surface area contributed by atoms with Gasteiger partial charge in [0.05, 0.1) is 15.5 Å². The van der Waals surface area contributed by atoms with Gasteiger partial charge in [-0.05, 0) is 18.2 Å². The molecule has 0 amide bonds. The van der Waals surface area contributed by atoms with E-state index in [1.807, 2.05) is 0 Å². The van der Waals surface area contributed by atoms with Crippen molar-refractivity contribution in [3.63, 3.8) is 0 Å². The molecule has 31 heavy (non-hydrogen) atoms. The van der Waals surface area contributed by atoms with Crippen molar-refractivity contribution >= 4 is 72.4 Å². The van der Waals surface area contributed by atoms with E-state index in [0.29, 0.717) is 16.5 Å². The van der Waals surface area contributed by atoms with Crippen LogP contribution in [0.3, 0.4) is 0 Å². The van der Waals surface area contributed by atoms with Crippen molar-refractivity contribution < 1.29 is 21.9 Å². The smallest absolute Gasteiger partial charge is 0.262 e. The van der Waals surface area contributed by atoms with Crippen LogP contribution in [0.5, 0.6) is 5.75 Å². The Morgan fingerprint density at radius 1 is 0.613 bits per heavy atom. The Hall–Kier alpha value is -2.72. The highest BCUT2D eigenvalue weighted by molar-refractivity contribution is 8.14. The molecule has 0 fully saturated rings. The standard InChI is InChI=1S/C20H12Cl2N2O5S2/c21-30(26,27)18-10-9-16(12-5-1-2-6-13(12)18)23-24-17-11-19(31(22,28)29)14-7-3-4-8-15(14)20(17)25/h1-11,25H. The van der Waals surface area contributed by atoms with Gasteiger partial charge >= 0.3 is 0 Å². The molecule has 0 aliphatic heterocycles. The predicted octanol–water partition coefficient (Wildman–Crippen LogP) is 5.97. The van der Waals surface area contributed by atoms with Gasteiger partial charge in [-0.25, -0.2) is 16.8 Å². The molecule has 0 aliphatic rings. The van der Waals surface area contributed by atoms with Crippen LogP contribution in [0.2, 0.25) is 0 Å². The Morgan fingerprint density at radius 2 is 1.10 bits per heavy atom. The van der Waals surface area contributed by atoms with Crippen molar-refractivity contribution in [3.8, 4) is 5.75 Å². The summed E-state index contributed by atoms with van der Waals surface area (Å²) in [6.07, 6.45) is 0. The highest BCUT2D eigenvalue weighted by Crippen LogP contribution is 2.41. The number of rotatable bonds is 4. The normalized spacial score (nSPS) is 12.7. The van der Waals surface area contributed by atoms with Gasteiger partial charge in [0.25, 0.3) is 18.1 Å². The molecule has 1 N–H and O–H groups in total. The molecular weight excluding hydrogens is 483 g/mol. The van der Waals surface area contributed by atoms with Crippen molar-refractivity contribution in [2.24, 2.45) is 10.2 Å². The zero-order valence-corrected chi connectivity index (χ0v) is 18.5. The number of phenolic OH excluding ortho intramolecular Hbond substituents is 1. The van der Waals surface area contributed by atoms with Gasteiger partial charge in [0.15, 0.2) is 5.75 Å². The van der Waals surface area contributed by atoms with Crippen LogP contribution in [-0.2, 0) is 18.1 Å². The highest BCUT2D eigenvalue weighted by atomic mass is 35.7. The minimum absolute atomic E-state index is 0.0761. The van der Waals surface area contributed by atoms with Gasteiger partial charge in [0.2, 0.25) is 0 Å². The second-order valence-electron chi connectivity index (χ2n) is 6.49. The number of halogens is 2. The number of hydrogen-bond donors (Lipinski definition) is 1. The van der Waals surface area contributed by atoms with Crippen LogP contribution < -0.4 is 0 Å². The largest absolute Gasteiger partial charge is 0.505 e. The van der Waals surface area contributed by atoms with Crippen LogP contribution in [0.25, 0.3) is 21.5 Å². The number of phenols is 1. The Balaban J connectivity index is 1.93. The zero-order chi connectivity index (χ0) is 22.4. The van der Waals surface area contributed by atoms with E-state index in [2.05, 4.69) is 10.2 Å². The third-order valence-electron chi connectivity index (χ3n) is 4.61. The topological polar surface area (TPSA) is 113 Å². The summed E-state index contributed by atoms with van der Waals surface area (Å²) in [5.74, 6) is -0.271. The first-order valence-electron chi connectivity index (χ1n) is 8.65. The number of aromatic hydroxyl groups is 1. The first-order valence-corrected chi connectivity index (χ1v) is 13.3. The fraction of sp³-hybridized carbons (Fsp3) is 0. The SMILES string of the molecule is O=S(=O)(Cl)c1ccc(N=Nc2cc(S(=O)(=O)Cl)c3ccccc3c2O)c2ccccc12. The molecule has 0 aromatic heterocycles. The maximum absolute atomic E-state index is 12.0. The molecule has 0 bridgehead atoms. The Kier molecular flexibility index (Phi) is 5.38. The van der Waals surface area contributed by atoms with Crippen LogP contribution >= 0.6 is 21.4 Å². The average Bonchev–Trinajstić information content (AvgIpc) is 2.71. The molecule has 4 aromatic carbocycles. The van der Waals surface area contributed by atoms with Crippen LogP contribution in [0.15, 0.2) is 86.7 Å². The summed E-state index contributed by atoms with van der Waals surface area (Å²) in [7, 11) is 2.96. The monoisotopic (exact) mass is 494 g/mol. The Morgan fingerprint density at radius 3 is 1.68 bits per heavy atom. The zero-order valence-electron chi connectivity index (χ0n) is 15.4. The van der Waals surface area contributed by atoms with Crippen LogP contribution in [0.1, 0.15) is 0 Å². The lowest BCUT2D eigenvalue weighted by Crippen LogP contribution is -1.93. The summed E-state index contributed by atoms with van der Waals surface area (Å²) >= 11 is 0. The van der Waals surface area contributed by atoms with Gasteiger partial charge in [0, 0.05) is 42.9 Å². The van der Waals surface area contributed by atoms with Gasteiger partial charge in [-0.2, -0.15) is 0 Å². The second kappa shape index (κ2) is 7.76. The molecule has 4 aromatic rings. The van der Waals surface area contributed by atoms with Gasteiger partial charge in [-0.15, -0.1) is 10.2 Å². The molecule has 4 rings (SSSR count). The molecule has 0 atom stereocenters. The van der Waals surface area contributed by atoms with E-state index in [9.17, 15) is 21.9 Å². The summed E-state index contributed by atoms with van der Waals surface area (Å²) in [4.78, 5) is -0.294. The lowest BCUT2D eigenvalue weighted by atomic mass is 10.1. The van der Waals surface area contributed by atoms with Crippen molar-refractivity contribution in [2.45, 2.75) is 9.79 Å². The van der Waals surface area contributed by atoms with E-state index < -0.39 is 18.1 Å².